The van der Waals surface area contributed by atoms with E-state index >= 15 is 0 Å². The zero-order valence-electron chi connectivity index (χ0n) is 17.2. The number of carbonyl (C=O) groups excluding carboxylic acids is 2. The number of aromatic nitrogens is 1. The van der Waals surface area contributed by atoms with Crippen LogP contribution >= 0.6 is 0 Å². The lowest BCUT2D eigenvalue weighted by Gasteiger charge is -2.14. The molecule has 0 aliphatic heterocycles. The lowest BCUT2D eigenvalue weighted by molar-refractivity contribution is -0.153. The van der Waals surface area contributed by atoms with Gasteiger partial charge in [0, 0.05) is 17.7 Å². The Morgan fingerprint density at radius 3 is 2.33 bits per heavy atom. The van der Waals surface area contributed by atoms with Crippen molar-refractivity contribution >= 4 is 17.6 Å². The molecule has 0 radical (unpaired) electrons. The fourth-order valence-electron chi connectivity index (χ4n) is 2.87. The first-order valence-electron chi connectivity index (χ1n) is 9.67. The van der Waals surface area contributed by atoms with E-state index < -0.39 is 18.0 Å². The van der Waals surface area contributed by atoms with Crippen LogP contribution in [0.1, 0.15) is 30.4 Å². The number of nitrogens with one attached hydrogen (secondary N) is 1. The molecule has 1 aromatic heterocycles. The lowest BCUT2D eigenvalue weighted by Crippen LogP contribution is -2.30. The van der Waals surface area contributed by atoms with Gasteiger partial charge in [0.2, 0.25) is 0 Å². The van der Waals surface area contributed by atoms with Crippen molar-refractivity contribution in [3.63, 3.8) is 0 Å². The van der Waals surface area contributed by atoms with Gasteiger partial charge in [-0.05, 0) is 63.6 Å². The van der Waals surface area contributed by atoms with Crippen molar-refractivity contribution in [2.75, 3.05) is 5.32 Å². The van der Waals surface area contributed by atoms with Gasteiger partial charge in [0.25, 0.3) is 5.91 Å². The van der Waals surface area contributed by atoms with Gasteiger partial charge < -0.3 is 19.3 Å². The fraction of sp³-hybridized carbons (Fsp3) is 0.261. The molecule has 30 heavy (non-hydrogen) atoms. The van der Waals surface area contributed by atoms with Crippen LogP contribution in [0.2, 0.25) is 0 Å². The topological polar surface area (TPSA) is 90.7 Å². The molecule has 0 saturated heterocycles. The number of para-hydroxylation sites is 1. The van der Waals surface area contributed by atoms with Crippen molar-refractivity contribution in [2.45, 2.75) is 39.7 Å². The smallest absolute Gasteiger partial charge is 0.306 e. The SMILES string of the molecule is Cc1noc(C)c1CCC(=O)O[C@@H](C)C(=O)Nc1ccc(Oc2ccccc2)cc1. The summed E-state index contributed by atoms with van der Waals surface area (Å²) < 4.78 is 16.0. The largest absolute Gasteiger partial charge is 0.457 e. The van der Waals surface area contributed by atoms with Crippen LogP contribution in [-0.2, 0) is 20.7 Å². The minimum absolute atomic E-state index is 0.145. The Morgan fingerprint density at radius 1 is 1.03 bits per heavy atom. The third-order valence-electron chi connectivity index (χ3n) is 4.54. The van der Waals surface area contributed by atoms with Crippen LogP contribution in [0.25, 0.3) is 0 Å². The average molecular weight is 408 g/mol. The molecule has 3 rings (SSSR count). The zero-order chi connectivity index (χ0) is 21.5. The van der Waals surface area contributed by atoms with Gasteiger partial charge in [-0.3, -0.25) is 9.59 Å². The highest BCUT2D eigenvalue weighted by Gasteiger charge is 2.19. The van der Waals surface area contributed by atoms with Crippen LogP contribution in [0.15, 0.2) is 59.1 Å². The Morgan fingerprint density at radius 2 is 1.70 bits per heavy atom. The number of hydrogen-bond acceptors (Lipinski definition) is 6. The van der Waals surface area contributed by atoms with Crippen molar-refractivity contribution in [2.24, 2.45) is 0 Å². The van der Waals surface area contributed by atoms with E-state index in [4.69, 9.17) is 14.0 Å². The Hall–Kier alpha value is -3.61. The third kappa shape index (κ3) is 5.70. The number of esters is 1. The van der Waals surface area contributed by atoms with E-state index in [2.05, 4.69) is 10.5 Å². The van der Waals surface area contributed by atoms with E-state index in [9.17, 15) is 9.59 Å². The van der Waals surface area contributed by atoms with Crippen LogP contribution in [-0.4, -0.2) is 23.1 Å². The van der Waals surface area contributed by atoms with Gasteiger partial charge >= 0.3 is 5.97 Å². The van der Waals surface area contributed by atoms with Gasteiger partial charge in [0.1, 0.15) is 17.3 Å². The van der Waals surface area contributed by atoms with E-state index in [0.29, 0.717) is 23.6 Å². The number of amides is 1. The number of anilines is 1. The second-order valence-corrected chi connectivity index (χ2v) is 6.86. The molecule has 0 fully saturated rings. The van der Waals surface area contributed by atoms with Crippen LogP contribution in [0.3, 0.4) is 0 Å². The summed E-state index contributed by atoms with van der Waals surface area (Å²) in [5.74, 6) is 1.21. The number of hydrogen-bond donors (Lipinski definition) is 1. The second-order valence-electron chi connectivity index (χ2n) is 6.86. The summed E-state index contributed by atoms with van der Waals surface area (Å²) in [5, 5.41) is 6.59. The quantitative estimate of drug-likeness (QED) is 0.549. The lowest BCUT2D eigenvalue weighted by atomic mass is 10.1. The predicted octanol–water partition coefficient (Wildman–Crippen LogP) is 4.59. The maximum atomic E-state index is 12.3. The van der Waals surface area contributed by atoms with Gasteiger partial charge in [0.15, 0.2) is 6.10 Å². The number of carbonyl (C=O) groups is 2. The Balaban J connectivity index is 1.47. The van der Waals surface area contributed by atoms with E-state index in [1.54, 1.807) is 31.2 Å². The van der Waals surface area contributed by atoms with Gasteiger partial charge in [-0.25, -0.2) is 0 Å². The van der Waals surface area contributed by atoms with Gasteiger partial charge in [-0.15, -0.1) is 0 Å². The molecule has 0 bridgehead atoms. The Bertz CT molecular complexity index is 977. The van der Waals surface area contributed by atoms with Crippen molar-refractivity contribution in [1.29, 1.82) is 0 Å². The van der Waals surface area contributed by atoms with Crippen LogP contribution < -0.4 is 10.1 Å². The molecular weight excluding hydrogens is 384 g/mol. The van der Waals surface area contributed by atoms with Crippen LogP contribution in [0.5, 0.6) is 11.5 Å². The molecule has 1 heterocycles. The van der Waals surface area contributed by atoms with E-state index in [-0.39, 0.29) is 6.42 Å². The molecule has 3 aromatic rings. The standard InChI is InChI=1S/C23H24N2O5/c1-15-21(16(2)30-25-15)13-14-22(26)28-17(3)23(27)24-18-9-11-20(12-10-18)29-19-7-5-4-6-8-19/h4-12,17H,13-14H2,1-3H3,(H,24,27)/t17-/m0/s1. The highest BCUT2D eigenvalue weighted by Crippen LogP contribution is 2.22. The maximum absolute atomic E-state index is 12.3. The highest BCUT2D eigenvalue weighted by molar-refractivity contribution is 5.95. The van der Waals surface area contributed by atoms with E-state index in [0.717, 1.165) is 17.0 Å². The first-order valence-corrected chi connectivity index (χ1v) is 9.67. The summed E-state index contributed by atoms with van der Waals surface area (Å²) in [4.78, 5) is 24.4. The summed E-state index contributed by atoms with van der Waals surface area (Å²) in [5.41, 5.74) is 2.23. The fourth-order valence-corrected chi connectivity index (χ4v) is 2.87. The molecule has 0 unspecified atom stereocenters. The third-order valence-corrected chi connectivity index (χ3v) is 4.54. The average Bonchev–Trinajstić information content (AvgIpc) is 3.06. The highest BCUT2D eigenvalue weighted by atomic mass is 16.5. The van der Waals surface area contributed by atoms with Crippen molar-refractivity contribution in [3.8, 4) is 11.5 Å². The minimum Gasteiger partial charge on any atom is -0.457 e. The minimum atomic E-state index is -0.914. The number of aryl methyl sites for hydroxylation is 2. The van der Waals surface area contributed by atoms with Gasteiger partial charge in [-0.2, -0.15) is 0 Å². The van der Waals surface area contributed by atoms with Crippen molar-refractivity contribution in [1.82, 2.24) is 5.16 Å². The molecule has 1 amide bonds. The van der Waals surface area contributed by atoms with E-state index in [1.165, 1.54) is 6.92 Å². The number of benzene rings is 2. The van der Waals surface area contributed by atoms with Crippen molar-refractivity contribution < 1.29 is 23.6 Å². The Labute approximate surface area is 175 Å². The zero-order valence-corrected chi connectivity index (χ0v) is 17.2. The second kappa shape index (κ2) is 9.73. The van der Waals surface area contributed by atoms with Crippen LogP contribution in [0.4, 0.5) is 5.69 Å². The first kappa shape index (κ1) is 21.1. The molecular formula is C23H24N2O5. The maximum Gasteiger partial charge on any atom is 0.306 e. The van der Waals surface area contributed by atoms with Gasteiger partial charge in [-0.1, -0.05) is 23.4 Å². The number of nitrogens with zero attached hydrogens (tertiary/aromatic N) is 1. The predicted molar refractivity (Wildman–Crippen MR) is 111 cm³/mol. The summed E-state index contributed by atoms with van der Waals surface area (Å²) in [6.45, 7) is 5.16. The molecule has 7 nitrogen and oxygen atoms in total. The monoisotopic (exact) mass is 408 g/mol. The molecule has 1 N–H and O–H groups in total. The van der Waals surface area contributed by atoms with E-state index in [1.807, 2.05) is 37.3 Å². The summed E-state index contributed by atoms with van der Waals surface area (Å²) >= 11 is 0. The molecule has 1 atom stereocenters. The molecule has 7 heteroatoms. The van der Waals surface area contributed by atoms with Crippen LogP contribution in [0, 0.1) is 13.8 Å². The first-order chi connectivity index (χ1) is 14.4. The molecule has 2 aromatic carbocycles. The number of ether oxygens (including phenoxy) is 2. The normalized spacial score (nSPS) is 11.6. The molecule has 0 spiro atoms. The molecule has 0 aliphatic carbocycles. The summed E-state index contributed by atoms with van der Waals surface area (Å²) in [7, 11) is 0. The molecule has 0 aliphatic rings. The van der Waals surface area contributed by atoms with Crippen molar-refractivity contribution in [3.05, 3.63) is 71.6 Å². The summed E-state index contributed by atoms with van der Waals surface area (Å²) in [6, 6.07) is 16.4. The molecule has 156 valence electrons. The Kier molecular flexibility index (Phi) is 6.85. The summed E-state index contributed by atoms with van der Waals surface area (Å²) in [6.07, 6.45) is -0.314. The molecule has 0 saturated carbocycles. The number of rotatable bonds is 8. The van der Waals surface area contributed by atoms with Gasteiger partial charge in [0.05, 0.1) is 5.69 Å².